The van der Waals surface area contributed by atoms with E-state index in [4.69, 9.17) is 9.47 Å². The summed E-state index contributed by atoms with van der Waals surface area (Å²) < 4.78 is 11.6. The summed E-state index contributed by atoms with van der Waals surface area (Å²) in [7, 11) is 1.58. The summed E-state index contributed by atoms with van der Waals surface area (Å²) in [5, 5.41) is 11.2. The fraction of sp³-hybridized carbons (Fsp3) is 0.385. The number of benzene rings is 2. The highest BCUT2D eigenvalue weighted by atomic mass is 79.9. The Labute approximate surface area is 208 Å². The van der Waals surface area contributed by atoms with Crippen molar-refractivity contribution in [1.29, 1.82) is 0 Å². The molecule has 4 rings (SSSR count). The van der Waals surface area contributed by atoms with Crippen LogP contribution in [-0.2, 0) is 14.3 Å². The number of aryl methyl sites for hydroxylation is 1. The second kappa shape index (κ2) is 10.7. The van der Waals surface area contributed by atoms with E-state index in [1.54, 1.807) is 30.2 Å². The van der Waals surface area contributed by atoms with Gasteiger partial charge in [-0.05, 0) is 54.8 Å². The lowest BCUT2D eigenvalue weighted by Gasteiger charge is -2.29. The van der Waals surface area contributed by atoms with Gasteiger partial charge in [-0.15, -0.1) is 0 Å². The molecule has 2 aliphatic heterocycles. The summed E-state index contributed by atoms with van der Waals surface area (Å²) in [6, 6.07) is 12.1. The van der Waals surface area contributed by atoms with Crippen LogP contribution in [0.15, 0.2) is 52.5 Å². The zero-order chi connectivity index (χ0) is 24.2. The first-order valence-electron chi connectivity index (χ1n) is 11.4. The monoisotopic (exact) mass is 528 g/mol. The molecule has 2 aromatic carbocycles. The van der Waals surface area contributed by atoms with Gasteiger partial charge in [-0.1, -0.05) is 28.1 Å². The quantitative estimate of drug-likeness (QED) is 0.333. The Bertz CT molecular complexity index is 1110. The molecule has 180 valence electrons. The van der Waals surface area contributed by atoms with Crippen molar-refractivity contribution in [2.45, 2.75) is 19.4 Å². The highest BCUT2D eigenvalue weighted by Crippen LogP contribution is 2.40. The zero-order valence-corrected chi connectivity index (χ0v) is 21.0. The van der Waals surface area contributed by atoms with Crippen molar-refractivity contribution in [3.8, 4) is 5.75 Å². The summed E-state index contributed by atoms with van der Waals surface area (Å²) in [6.07, 6.45) is 0.721. The minimum Gasteiger partial charge on any atom is -0.507 e. The fourth-order valence-electron chi connectivity index (χ4n) is 4.60. The molecule has 0 unspecified atom stereocenters. The standard InChI is InChI=1S/C26H29BrN2O5/c1-17-15-19(7-8-21(17)33-2)24(30)22-23(18-5-3-6-20(27)16-18)29(26(32)25(22)31)10-4-9-28-11-13-34-14-12-28/h3,5-8,15-16,23,30H,4,9-14H2,1-2H3/t23-/m1/s1. The first kappa shape index (κ1) is 24.4. The molecule has 1 N–H and O–H groups in total. The van der Waals surface area contributed by atoms with E-state index in [2.05, 4.69) is 20.8 Å². The number of ether oxygens (including phenoxy) is 2. The van der Waals surface area contributed by atoms with Crippen molar-refractivity contribution in [2.24, 2.45) is 0 Å². The van der Waals surface area contributed by atoms with Crippen molar-refractivity contribution in [1.82, 2.24) is 9.80 Å². The number of nitrogens with zero attached hydrogens (tertiary/aromatic N) is 2. The first-order valence-corrected chi connectivity index (χ1v) is 12.2. The van der Waals surface area contributed by atoms with Crippen molar-refractivity contribution >= 4 is 33.4 Å². The number of likely N-dealkylation sites (tertiary alicyclic amines) is 1. The van der Waals surface area contributed by atoms with Gasteiger partial charge < -0.3 is 19.5 Å². The smallest absolute Gasteiger partial charge is 0.295 e. The molecular formula is C26H29BrN2O5. The Balaban J connectivity index is 1.69. The van der Waals surface area contributed by atoms with Crippen molar-refractivity contribution in [3.63, 3.8) is 0 Å². The van der Waals surface area contributed by atoms with E-state index >= 15 is 0 Å². The van der Waals surface area contributed by atoms with Crippen molar-refractivity contribution in [2.75, 3.05) is 46.5 Å². The number of ketones is 1. The van der Waals surface area contributed by atoms with Gasteiger partial charge in [0.1, 0.15) is 11.5 Å². The molecule has 34 heavy (non-hydrogen) atoms. The molecular weight excluding hydrogens is 500 g/mol. The molecule has 0 aliphatic carbocycles. The minimum absolute atomic E-state index is 0.110. The average Bonchev–Trinajstić information content (AvgIpc) is 3.09. The second-order valence-corrected chi connectivity index (χ2v) is 9.46. The molecule has 2 aromatic rings. The maximum Gasteiger partial charge on any atom is 0.295 e. The van der Waals surface area contributed by atoms with Crippen LogP contribution in [0.4, 0.5) is 0 Å². The van der Waals surface area contributed by atoms with Crippen LogP contribution in [0.3, 0.4) is 0 Å². The minimum atomic E-state index is -0.665. The summed E-state index contributed by atoms with van der Waals surface area (Å²) in [6.45, 7) is 6.25. The lowest BCUT2D eigenvalue weighted by Crippen LogP contribution is -2.38. The molecule has 1 atom stereocenters. The van der Waals surface area contributed by atoms with Gasteiger partial charge in [-0.3, -0.25) is 14.5 Å². The molecule has 2 fully saturated rings. The Morgan fingerprint density at radius 1 is 1.15 bits per heavy atom. The number of carbonyl (C=O) groups excluding carboxylic acids is 2. The fourth-order valence-corrected chi connectivity index (χ4v) is 5.02. The highest BCUT2D eigenvalue weighted by Gasteiger charge is 2.45. The van der Waals surface area contributed by atoms with Crippen LogP contribution in [0.25, 0.3) is 5.76 Å². The Hall–Kier alpha value is -2.68. The van der Waals surface area contributed by atoms with Gasteiger partial charge in [-0.25, -0.2) is 0 Å². The summed E-state index contributed by atoms with van der Waals surface area (Å²) in [5.74, 6) is -0.741. The van der Waals surface area contributed by atoms with E-state index in [1.165, 1.54) is 0 Å². The molecule has 7 nitrogen and oxygen atoms in total. The van der Waals surface area contributed by atoms with E-state index in [9.17, 15) is 14.7 Å². The van der Waals surface area contributed by atoms with Crippen LogP contribution in [0.2, 0.25) is 0 Å². The maximum atomic E-state index is 13.2. The molecule has 0 radical (unpaired) electrons. The molecule has 1 amide bonds. The number of halogens is 1. The van der Waals surface area contributed by atoms with E-state index in [-0.39, 0.29) is 11.3 Å². The number of amides is 1. The van der Waals surface area contributed by atoms with Crippen molar-refractivity contribution in [3.05, 3.63) is 69.2 Å². The van der Waals surface area contributed by atoms with E-state index < -0.39 is 17.7 Å². The number of aliphatic hydroxyl groups excluding tert-OH is 1. The number of aliphatic hydroxyl groups is 1. The molecule has 8 heteroatoms. The highest BCUT2D eigenvalue weighted by molar-refractivity contribution is 9.10. The third-order valence-corrected chi connectivity index (χ3v) is 6.84. The predicted octanol–water partition coefficient (Wildman–Crippen LogP) is 3.91. The van der Waals surface area contributed by atoms with Crippen LogP contribution in [0.5, 0.6) is 5.75 Å². The van der Waals surface area contributed by atoms with Gasteiger partial charge in [-0.2, -0.15) is 0 Å². The van der Waals surface area contributed by atoms with E-state index in [0.29, 0.717) is 31.1 Å². The number of Topliss-reactive ketones (excluding diaryl/α,β-unsaturated/α-hetero) is 1. The van der Waals surface area contributed by atoms with Gasteiger partial charge in [0.25, 0.3) is 11.7 Å². The Kier molecular flexibility index (Phi) is 7.70. The van der Waals surface area contributed by atoms with Gasteiger partial charge in [0, 0.05) is 36.2 Å². The second-order valence-electron chi connectivity index (χ2n) is 8.54. The predicted molar refractivity (Wildman–Crippen MR) is 133 cm³/mol. The van der Waals surface area contributed by atoms with E-state index in [1.807, 2.05) is 31.2 Å². The summed E-state index contributed by atoms with van der Waals surface area (Å²) in [5.41, 5.74) is 2.18. The molecule has 0 spiro atoms. The molecule has 2 heterocycles. The SMILES string of the molecule is COc1ccc(C(O)=C2C(=O)C(=O)N(CCCN3CCOCC3)[C@@H]2c2cccc(Br)c2)cc1C. The number of carbonyl (C=O) groups is 2. The number of methoxy groups -OCH3 is 1. The number of rotatable bonds is 7. The lowest BCUT2D eigenvalue weighted by atomic mass is 9.94. The lowest BCUT2D eigenvalue weighted by molar-refractivity contribution is -0.140. The normalized spacial score (nSPS) is 20.7. The third-order valence-electron chi connectivity index (χ3n) is 6.35. The number of hydrogen-bond donors (Lipinski definition) is 1. The van der Waals surface area contributed by atoms with Crippen LogP contribution in [0.1, 0.15) is 29.2 Å². The Morgan fingerprint density at radius 3 is 2.59 bits per heavy atom. The average molecular weight is 529 g/mol. The van der Waals surface area contributed by atoms with Crippen LogP contribution in [0, 0.1) is 6.92 Å². The van der Waals surface area contributed by atoms with Gasteiger partial charge in [0.15, 0.2) is 0 Å². The Morgan fingerprint density at radius 2 is 1.91 bits per heavy atom. The third kappa shape index (κ3) is 5.04. The summed E-state index contributed by atoms with van der Waals surface area (Å²) >= 11 is 3.49. The number of morpholine rings is 1. The van der Waals surface area contributed by atoms with Crippen molar-refractivity contribution < 1.29 is 24.2 Å². The molecule has 0 saturated carbocycles. The van der Waals surface area contributed by atoms with Crippen LogP contribution < -0.4 is 4.74 Å². The van der Waals surface area contributed by atoms with Crippen LogP contribution >= 0.6 is 15.9 Å². The molecule has 0 aromatic heterocycles. The van der Waals surface area contributed by atoms with Crippen LogP contribution in [-0.4, -0.2) is 73.1 Å². The zero-order valence-electron chi connectivity index (χ0n) is 19.4. The van der Waals surface area contributed by atoms with E-state index in [0.717, 1.165) is 41.7 Å². The molecule has 2 aliphatic rings. The van der Waals surface area contributed by atoms with Gasteiger partial charge in [0.2, 0.25) is 0 Å². The van der Waals surface area contributed by atoms with Gasteiger partial charge in [0.05, 0.1) is 31.9 Å². The largest absolute Gasteiger partial charge is 0.507 e. The first-order chi connectivity index (χ1) is 16.4. The molecule has 0 bridgehead atoms. The molecule has 2 saturated heterocycles. The maximum absolute atomic E-state index is 13.2. The van der Waals surface area contributed by atoms with Gasteiger partial charge >= 0.3 is 0 Å². The number of hydrogen-bond acceptors (Lipinski definition) is 6. The summed E-state index contributed by atoms with van der Waals surface area (Å²) in [4.78, 5) is 30.2. The topological polar surface area (TPSA) is 79.3 Å².